The molecule has 1 aliphatic carbocycles. The lowest BCUT2D eigenvalue weighted by Gasteiger charge is -2.23. The van der Waals surface area contributed by atoms with Gasteiger partial charge in [0, 0.05) is 13.0 Å². The predicted molar refractivity (Wildman–Crippen MR) is 121 cm³/mol. The Labute approximate surface area is 188 Å². The van der Waals surface area contributed by atoms with Gasteiger partial charge in [-0.25, -0.2) is 4.98 Å². The predicted octanol–water partition coefficient (Wildman–Crippen LogP) is 2.74. The van der Waals surface area contributed by atoms with Gasteiger partial charge in [0.2, 0.25) is 5.95 Å². The highest BCUT2D eigenvalue weighted by Crippen LogP contribution is 2.43. The summed E-state index contributed by atoms with van der Waals surface area (Å²) >= 11 is 6.30. The van der Waals surface area contributed by atoms with Crippen LogP contribution in [0.25, 0.3) is 10.9 Å². The number of nitriles is 2. The minimum absolute atomic E-state index is 0.0262. The number of halogens is 1. The van der Waals surface area contributed by atoms with Crippen LogP contribution < -0.4 is 22.3 Å². The number of anilines is 3. The van der Waals surface area contributed by atoms with Gasteiger partial charge in [-0.05, 0) is 37.3 Å². The first-order valence-electron chi connectivity index (χ1n) is 10.1. The van der Waals surface area contributed by atoms with Gasteiger partial charge >= 0.3 is 0 Å². The van der Waals surface area contributed by atoms with E-state index in [0.29, 0.717) is 41.1 Å². The van der Waals surface area contributed by atoms with Crippen molar-refractivity contribution >= 4 is 40.1 Å². The number of nitrogens with two attached hydrogens (primary N) is 2. The highest BCUT2D eigenvalue weighted by molar-refractivity contribution is 6.35. The topological polar surface area (TPSA) is 172 Å². The lowest BCUT2D eigenvalue weighted by atomic mass is 10.1. The Morgan fingerprint density at radius 1 is 1.25 bits per heavy atom. The van der Waals surface area contributed by atoms with Crippen LogP contribution in [0.15, 0.2) is 23.0 Å². The summed E-state index contributed by atoms with van der Waals surface area (Å²) in [4.78, 5) is 26.2. The highest BCUT2D eigenvalue weighted by Gasteiger charge is 2.36. The molecule has 5 N–H and O–H groups in total. The molecule has 11 heteroatoms. The molecule has 1 fully saturated rings. The Morgan fingerprint density at radius 2 is 2.03 bits per heavy atom. The standard InChI is InChI=1S/C21H20ClN9O/c22-13-4-3-5-14-15(13)20(32)31(9-2-1-8-23)19(27-14)16(11-6-7-11)28-18-12(10-24)17(25)29-21(26)30-18/h3-5,11,16H,1-2,6-7,9H2,(H5,25,26,28,29,30)/t16-/m0/s1. The number of rotatable bonds is 7. The summed E-state index contributed by atoms with van der Waals surface area (Å²) in [5.74, 6) is 0.762. The van der Waals surface area contributed by atoms with Gasteiger partial charge in [-0.1, -0.05) is 17.7 Å². The third kappa shape index (κ3) is 4.01. The maximum Gasteiger partial charge on any atom is 0.262 e. The number of hydrogen-bond acceptors (Lipinski definition) is 9. The van der Waals surface area contributed by atoms with Crippen molar-refractivity contribution in [1.29, 1.82) is 10.5 Å². The quantitative estimate of drug-likeness (QED) is 0.458. The molecule has 0 amide bonds. The van der Waals surface area contributed by atoms with Gasteiger partial charge in [0.15, 0.2) is 5.82 Å². The fourth-order valence-corrected chi connectivity index (χ4v) is 3.94. The summed E-state index contributed by atoms with van der Waals surface area (Å²) in [5, 5.41) is 22.4. The fourth-order valence-electron chi connectivity index (χ4n) is 3.69. The molecule has 2 heterocycles. The molecule has 4 rings (SSSR count). The second-order valence-corrected chi connectivity index (χ2v) is 7.99. The Kier molecular flexibility index (Phi) is 5.80. The van der Waals surface area contributed by atoms with Crippen LogP contribution in [0.4, 0.5) is 17.6 Å². The fraction of sp³-hybridized carbons (Fsp3) is 0.333. The lowest BCUT2D eigenvalue weighted by molar-refractivity contribution is 0.530. The summed E-state index contributed by atoms with van der Waals surface area (Å²) in [5.41, 5.74) is 11.9. The van der Waals surface area contributed by atoms with E-state index < -0.39 is 6.04 Å². The molecular weight excluding hydrogens is 430 g/mol. The van der Waals surface area contributed by atoms with Crippen LogP contribution in [0.1, 0.15) is 43.1 Å². The number of nitrogen functional groups attached to an aromatic ring is 2. The van der Waals surface area contributed by atoms with Crippen molar-refractivity contribution in [3.05, 3.63) is 45.0 Å². The zero-order valence-electron chi connectivity index (χ0n) is 17.0. The molecule has 1 saturated carbocycles. The lowest BCUT2D eigenvalue weighted by Crippen LogP contribution is -2.31. The van der Waals surface area contributed by atoms with Gasteiger partial charge < -0.3 is 16.8 Å². The Bertz CT molecular complexity index is 1330. The van der Waals surface area contributed by atoms with Crippen molar-refractivity contribution in [2.24, 2.45) is 5.92 Å². The normalized spacial score (nSPS) is 14.0. The first-order chi connectivity index (χ1) is 15.4. The summed E-state index contributed by atoms with van der Waals surface area (Å²) in [6.45, 7) is 0.306. The molecule has 0 radical (unpaired) electrons. The van der Waals surface area contributed by atoms with Crippen molar-refractivity contribution < 1.29 is 0 Å². The number of unbranched alkanes of at least 4 members (excludes halogenated alkanes) is 1. The Balaban J connectivity index is 1.88. The van der Waals surface area contributed by atoms with E-state index in [9.17, 15) is 10.1 Å². The smallest absolute Gasteiger partial charge is 0.262 e. The Morgan fingerprint density at radius 3 is 2.72 bits per heavy atom. The van der Waals surface area contributed by atoms with E-state index >= 15 is 0 Å². The van der Waals surface area contributed by atoms with Crippen molar-refractivity contribution in [2.75, 3.05) is 16.8 Å². The molecule has 32 heavy (non-hydrogen) atoms. The van der Waals surface area contributed by atoms with Crippen molar-refractivity contribution in [1.82, 2.24) is 19.5 Å². The summed E-state index contributed by atoms with van der Waals surface area (Å²) in [7, 11) is 0. The van der Waals surface area contributed by atoms with E-state index in [2.05, 4.69) is 21.4 Å². The van der Waals surface area contributed by atoms with Crippen LogP contribution in [-0.2, 0) is 6.54 Å². The minimum atomic E-state index is -0.422. The molecule has 10 nitrogen and oxygen atoms in total. The maximum absolute atomic E-state index is 13.4. The molecule has 1 atom stereocenters. The first kappa shape index (κ1) is 21.3. The van der Waals surface area contributed by atoms with Gasteiger partial charge in [-0.3, -0.25) is 9.36 Å². The highest BCUT2D eigenvalue weighted by atomic mass is 35.5. The molecular formula is C21H20ClN9O. The van der Waals surface area contributed by atoms with Crippen LogP contribution in [-0.4, -0.2) is 19.5 Å². The molecule has 1 aliphatic rings. The van der Waals surface area contributed by atoms with Gasteiger partial charge in [0.25, 0.3) is 5.56 Å². The van der Waals surface area contributed by atoms with Crippen LogP contribution in [0.5, 0.6) is 0 Å². The van der Waals surface area contributed by atoms with Gasteiger partial charge in [0.05, 0.1) is 28.0 Å². The number of benzene rings is 1. The third-order valence-electron chi connectivity index (χ3n) is 5.36. The largest absolute Gasteiger partial charge is 0.382 e. The second kappa shape index (κ2) is 8.69. The summed E-state index contributed by atoms with van der Waals surface area (Å²) < 4.78 is 1.56. The van der Waals surface area contributed by atoms with E-state index in [0.717, 1.165) is 12.8 Å². The number of aromatic nitrogens is 4. The molecule has 0 bridgehead atoms. The first-order valence-corrected chi connectivity index (χ1v) is 10.5. The van der Waals surface area contributed by atoms with E-state index in [1.165, 1.54) is 0 Å². The van der Waals surface area contributed by atoms with Crippen LogP contribution in [0.2, 0.25) is 5.02 Å². The van der Waals surface area contributed by atoms with Gasteiger partial charge in [-0.2, -0.15) is 20.5 Å². The average molecular weight is 450 g/mol. The molecule has 0 saturated heterocycles. The van der Waals surface area contributed by atoms with Gasteiger partial charge in [0.1, 0.15) is 23.3 Å². The molecule has 2 aromatic heterocycles. The SMILES string of the molecule is N#CCCCn1c([C@@H](Nc2nc(N)nc(N)c2C#N)C2CC2)nc2cccc(Cl)c2c1=O. The van der Waals surface area contributed by atoms with Crippen molar-refractivity contribution in [2.45, 2.75) is 38.3 Å². The van der Waals surface area contributed by atoms with E-state index in [1.807, 2.05) is 6.07 Å². The third-order valence-corrected chi connectivity index (χ3v) is 5.68. The molecule has 162 valence electrons. The van der Waals surface area contributed by atoms with Gasteiger partial charge in [-0.15, -0.1) is 0 Å². The number of nitrogens with one attached hydrogen (secondary N) is 1. The van der Waals surface area contributed by atoms with E-state index in [1.54, 1.807) is 22.8 Å². The van der Waals surface area contributed by atoms with E-state index in [-0.39, 0.29) is 34.6 Å². The number of nitrogens with zero attached hydrogens (tertiary/aromatic N) is 6. The van der Waals surface area contributed by atoms with Crippen molar-refractivity contribution in [3.8, 4) is 12.1 Å². The molecule has 0 aliphatic heterocycles. The summed E-state index contributed by atoms with van der Waals surface area (Å²) in [6, 6.07) is 8.80. The number of hydrogen-bond donors (Lipinski definition) is 3. The monoisotopic (exact) mass is 449 g/mol. The van der Waals surface area contributed by atoms with Crippen LogP contribution >= 0.6 is 11.6 Å². The zero-order chi connectivity index (χ0) is 22.8. The van der Waals surface area contributed by atoms with E-state index in [4.69, 9.17) is 33.3 Å². The van der Waals surface area contributed by atoms with Crippen LogP contribution in [0, 0.1) is 28.6 Å². The molecule has 3 aromatic rings. The summed E-state index contributed by atoms with van der Waals surface area (Å²) in [6.07, 6.45) is 2.61. The molecule has 1 aromatic carbocycles. The zero-order valence-corrected chi connectivity index (χ0v) is 17.8. The van der Waals surface area contributed by atoms with Crippen LogP contribution in [0.3, 0.4) is 0 Å². The average Bonchev–Trinajstić information content (AvgIpc) is 3.58. The number of fused-ring (bicyclic) bond motifs is 1. The Hall–Kier alpha value is -3.89. The second-order valence-electron chi connectivity index (χ2n) is 7.58. The minimum Gasteiger partial charge on any atom is -0.382 e. The molecule has 0 spiro atoms. The molecule has 0 unspecified atom stereocenters. The van der Waals surface area contributed by atoms with Crippen molar-refractivity contribution in [3.63, 3.8) is 0 Å². The maximum atomic E-state index is 13.4.